The molecule has 0 bridgehead atoms. The highest BCUT2D eigenvalue weighted by Gasteiger charge is 2.48. The van der Waals surface area contributed by atoms with Crippen molar-refractivity contribution >= 4 is 41.0 Å². The molecule has 0 saturated carbocycles. The highest BCUT2D eigenvalue weighted by molar-refractivity contribution is 14.1. The lowest BCUT2D eigenvalue weighted by Gasteiger charge is -2.45. The van der Waals surface area contributed by atoms with Crippen molar-refractivity contribution in [2.45, 2.75) is 75.8 Å². The van der Waals surface area contributed by atoms with Crippen LogP contribution in [0.1, 0.15) is 51.7 Å². The molecule has 1 saturated heterocycles. The van der Waals surface area contributed by atoms with Crippen molar-refractivity contribution in [3.63, 3.8) is 0 Å². The van der Waals surface area contributed by atoms with Crippen LogP contribution in [0.5, 0.6) is 5.75 Å². The topological polar surface area (TPSA) is 55.8 Å². The van der Waals surface area contributed by atoms with Crippen LogP contribution in [0.4, 0.5) is 13.2 Å². The number of hydrogen-bond acceptors (Lipinski definition) is 5. The van der Waals surface area contributed by atoms with Crippen molar-refractivity contribution in [1.29, 1.82) is 0 Å². The molecule has 1 fully saturated rings. The quantitative estimate of drug-likeness (QED) is 0.0938. The van der Waals surface area contributed by atoms with Gasteiger partial charge in [0.2, 0.25) is 0 Å². The van der Waals surface area contributed by atoms with Gasteiger partial charge in [0.25, 0.3) is 0 Å². The Balaban J connectivity index is 2.37. The Bertz CT molecular complexity index is 841. The number of likely N-dealkylation sites (tertiary alicyclic amines) is 1. The van der Waals surface area contributed by atoms with E-state index in [1.165, 1.54) is 12.1 Å². The molecule has 5 nitrogen and oxygen atoms in total. The van der Waals surface area contributed by atoms with Gasteiger partial charge in [-0.05, 0) is 55.2 Å². The minimum absolute atomic E-state index is 0.0150. The maximum Gasteiger partial charge on any atom is 0.534 e. The van der Waals surface area contributed by atoms with Gasteiger partial charge in [0.05, 0.1) is 10.7 Å². The lowest BCUT2D eigenvalue weighted by molar-refractivity contribution is -0.0500. The first-order valence-electron chi connectivity index (χ1n) is 10.2. The van der Waals surface area contributed by atoms with Crippen molar-refractivity contribution in [1.82, 2.24) is 4.90 Å². The Morgan fingerprint density at radius 3 is 2.23 bits per heavy atom. The molecule has 0 aliphatic carbocycles. The highest BCUT2D eigenvalue weighted by atomic mass is 127. The first-order chi connectivity index (χ1) is 14.1. The van der Waals surface area contributed by atoms with Crippen LogP contribution in [0.2, 0.25) is 18.1 Å². The first-order valence-corrected chi connectivity index (χ1v) is 16.0. The monoisotopic (exact) mass is 593 g/mol. The second-order valence-corrected chi connectivity index (χ2v) is 16.3. The van der Waals surface area contributed by atoms with Crippen LogP contribution in [0.25, 0.3) is 0 Å². The molecule has 31 heavy (non-hydrogen) atoms. The molecule has 0 amide bonds. The van der Waals surface area contributed by atoms with Gasteiger partial charge in [-0.25, -0.2) is 0 Å². The van der Waals surface area contributed by atoms with Crippen LogP contribution in [-0.4, -0.2) is 44.3 Å². The van der Waals surface area contributed by atoms with E-state index in [0.717, 1.165) is 35.9 Å². The lowest BCUT2D eigenvalue weighted by Crippen LogP contribution is -2.49. The van der Waals surface area contributed by atoms with E-state index in [-0.39, 0.29) is 22.9 Å². The van der Waals surface area contributed by atoms with Crippen molar-refractivity contribution in [3.8, 4) is 5.75 Å². The van der Waals surface area contributed by atoms with Crippen LogP contribution < -0.4 is 4.18 Å². The van der Waals surface area contributed by atoms with Gasteiger partial charge in [0.1, 0.15) is 5.75 Å². The summed E-state index contributed by atoms with van der Waals surface area (Å²) in [5.74, 6) is -0.374. The SMILES string of the molecule is CC(C)(C)[Si](C)(C)O[C@@H](c1ccc(OS(=O)(=O)C(F)(F)F)cc1)[C@@H]1CCCCN1CI. The molecule has 0 aromatic heterocycles. The third-order valence-corrected chi connectivity index (χ3v) is 12.4. The van der Waals surface area contributed by atoms with Crippen LogP contribution in [0.3, 0.4) is 0 Å². The summed E-state index contributed by atoms with van der Waals surface area (Å²) >= 11 is 2.34. The number of halogens is 4. The average molecular weight is 594 g/mol. The van der Waals surface area contributed by atoms with Gasteiger partial charge in [-0.15, -0.1) is 0 Å². The lowest BCUT2D eigenvalue weighted by atomic mass is 9.93. The van der Waals surface area contributed by atoms with Crippen LogP contribution in [0.15, 0.2) is 24.3 Å². The van der Waals surface area contributed by atoms with Gasteiger partial charge < -0.3 is 8.61 Å². The number of alkyl halides is 4. The predicted octanol–water partition coefficient (Wildman–Crippen LogP) is 6.22. The van der Waals surface area contributed by atoms with E-state index in [4.69, 9.17) is 4.43 Å². The number of nitrogens with zero attached hydrogens (tertiary/aromatic N) is 1. The van der Waals surface area contributed by atoms with E-state index in [9.17, 15) is 21.6 Å². The molecule has 1 aromatic carbocycles. The summed E-state index contributed by atoms with van der Waals surface area (Å²) in [5.41, 5.74) is -4.66. The minimum Gasteiger partial charge on any atom is -0.408 e. The van der Waals surface area contributed by atoms with Gasteiger partial charge >= 0.3 is 15.6 Å². The zero-order valence-corrected chi connectivity index (χ0v) is 22.5. The number of hydrogen-bond donors (Lipinski definition) is 0. The Morgan fingerprint density at radius 1 is 1.16 bits per heavy atom. The largest absolute Gasteiger partial charge is 0.534 e. The normalized spacial score (nSPS) is 20.5. The Morgan fingerprint density at radius 2 is 1.74 bits per heavy atom. The molecule has 2 rings (SSSR count). The maximum atomic E-state index is 12.6. The maximum absolute atomic E-state index is 12.6. The summed E-state index contributed by atoms with van der Waals surface area (Å²) in [5, 5.41) is -0.0150. The average Bonchev–Trinajstić information content (AvgIpc) is 2.65. The zero-order chi connectivity index (χ0) is 23.7. The Labute approximate surface area is 198 Å². The molecule has 0 radical (unpaired) electrons. The van der Waals surface area contributed by atoms with E-state index in [2.05, 4.69) is 65.5 Å². The molecule has 1 aromatic rings. The summed E-state index contributed by atoms with van der Waals surface area (Å²) in [6.07, 6.45) is 2.90. The third-order valence-electron chi connectivity index (χ3n) is 6.09. The Hall–Kier alpha value is -0.373. The second kappa shape index (κ2) is 9.86. The minimum atomic E-state index is -5.70. The second-order valence-electron chi connectivity index (χ2n) is 9.35. The summed E-state index contributed by atoms with van der Waals surface area (Å²) in [4.78, 5) is 2.38. The van der Waals surface area contributed by atoms with Crippen molar-refractivity contribution in [2.75, 3.05) is 11.1 Å². The van der Waals surface area contributed by atoms with Gasteiger partial charge in [0, 0.05) is 6.04 Å². The molecule has 2 atom stereocenters. The summed E-state index contributed by atoms with van der Waals surface area (Å²) in [6, 6.07) is 5.89. The molecule has 1 aliphatic rings. The summed E-state index contributed by atoms with van der Waals surface area (Å²) < 4.78 is 72.3. The van der Waals surface area contributed by atoms with E-state index in [1.807, 2.05) is 0 Å². The van der Waals surface area contributed by atoms with Crippen LogP contribution in [-0.2, 0) is 14.5 Å². The number of piperidine rings is 1. The van der Waals surface area contributed by atoms with Crippen molar-refractivity contribution in [3.05, 3.63) is 29.8 Å². The molecule has 11 heteroatoms. The van der Waals surface area contributed by atoms with Crippen molar-refractivity contribution < 1.29 is 30.2 Å². The van der Waals surface area contributed by atoms with E-state index in [0.29, 0.717) is 0 Å². The van der Waals surface area contributed by atoms with Crippen LogP contribution in [0, 0.1) is 0 Å². The fourth-order valence-electron chi connectivity index (χ4n) is 3.26. The first kappa shape index (κ1) is 26.9. The molecule has 178 valence electrons. The van der Waals surface area contributed by atoms with E-state index < -0.39 is 23.9 Å². The summed E-state index contributed by atoms with van der Waals surface area (Å²) in [7, 11) is -7.86. The molecular weight excluding hydrogens is 562 g/mol. The fourth-order valence-corrected chi connectivity index (χ4v) is 5.85. The zero-order valence-electron chi connectivity index (χ0n) is 18.5. The molecule has 1 aliphatic heterocycles. The predicted molar refractivity (Wildman–Crippen MR) is 126 cm³/mol. The number of benzene rings is 1. The summed E-state index contributed by atoms with van der Waals surface area (Å²) in [6.45, 7) is 11.8. The standard InChI is InChI=1S/C20H31F3INO4SSi/c1-19(2,3)31(4,5)29-18(17-8-6-7-13-25(17)14-24)15-9-11-16(12-10-15)28-30(26,27)20(21,22)23/h9-12,17-18H,6-8,13-14H2,1-5H3/t17-,18-/m0/s1. The molecule has 0 unspecified atom stereocenters. The molecule has 0 N–H and O–H groups in total. The smallest absolute Gasteiger partial charge is 0.408 e. The molecular formula is C20H31F3INO4SSi. The van der Waals surface area contributed by atoms with Gasteiger partial charge in [-0.1, -0.05) is 61.9 Å². The van der Waals surface area contributed by atoms with Crippen molar-refractivity contribution in [2.24, 2.45) is 0 Å². The van der Waals surface area contributed by atoms with Gasteiger partial charge in [-0.2, -0.15) is 21.6 Å². The fraction of sp³-hybridized carbons (Fsp3) is 0.700. The van der Waals surface area contributed by atoms with Gasteiger partial charge in [0.15, 0.2) is 8.32 Å². The van der Waals surface area contributed by atoms with E-state index >= 15 is 0 Å². The third kappa shape index (κ3) is 6.58. The van der Waals surface area contributed by atoms with Crippen LogP contribution >= 0.6 is 22.6 Å². The highest BCUT2D eigenvalue weighted by Crippen LogP contribution is 2.43. The molecule has 1 heterocycles. The number of rotatable bonds is 7. The Kier molecular flexibility index (Phi) is 8.55. The molecule has 0 spiro atoms. The van der Waals surface area contributed by atoms with E-state index in [1.54, 1.807) is 12.1 Å². The van der Waals surface area contributed by atoms with Gasteiger partial charge in [-0.3, -0.25) is 4.90 Å².